The number of hydrogen-bond donors (Lipinski definition) is 0. The molecule has 5 rings (SSSR count). The van der Waals surface area contributed by atoms with Gasteiger partial charge in [-0.25, -0.2) is 0 Å². The van der Waals surface area contributed by atoms with Crippen LogP contribution in [0.2, 0.25) is 0 Å². The van der Waals surface area contributed by atoms with Gasteiger partial charge >= 0.3 is 187 Å². The van der Waals surface area contributed by atoms with E-state index in [0.29, 0.717) is 0 Å². The molecule has 0 fully saturated rings. The zero-order valence-corrected chi connectivity index (χ0v) is 19.2. The number of nitrogens with zero attached hydrogens (tertiary/aromatic N) is 3. The number of likely N-dealkylation sites (N-methyl/N-ethyl adjacent to an activating group) is 1. The fourth-order valence-electron chi connectivity index (χ4n) is 3.33. The van der Waals surface area contributed by atoms with E-state index < -0.39 is 5.91 Å². The average Bonchev–Trinajstić information content (AvgIpc) is 3.21. The van der Waals surface area contributed by atoms with Crippen LogP contribution in [0, 0.1) is 0 Å². The summed E-state index contributed by atoms with van der Waals surface area (Å²) in [4.78, 5) is 32.2. The van der Waals surface area contributed by atoms with E-state index in [-0.39, 0.29) is 30.7 Å². The van der Waals surface area contributed by atoms with Crippen molar-refractivity contribution < 1.29 is 14.3 Å². The predicted octanol–water partition coefficient (Wildman–Crippen LogP) is 3.23. The SMILES string of the molecule is CN1C(=O)/C(=C/c2ccc(N3c4ccccc4Oc4ccccc43)[se]2)C(=O)N=C1[Se]. The van der Waals surface area contributed by atoms with Crippen molar-refractivity contribution >= 4 is 69.1 Å². The summed E-state index contributed by atoms with van der Waals surface area (Å²) >= 11 is 2.53. The number of para-hydroxylation sites is 4. The van der Waals surface area contributed by atoms with Crippen LogP contribution >= 0.6 is 0 Å². The average molecular weight is 526 g/mol. The van der Waals surface area contributed by atoms with Crippen molar-refractivity contribution in [2.75, 3.05) is 11.9 Å². The predicted molar refractivity (Wildman–Crippen MR) is 117 cm³/mol. The Morgan fingerprint density at radius 2 is 1.60 bits per heavy atom. The van der Waals surface area contributed by atoms with Gasteiger partial charge in [0, 0.05) is 0 Å². The van der Waals surface area contributed by atoms with E-state index in [1.165, 1.54) is 4.90 Å². The standard InChI is InChI=1S/C22H14N3O3Se2/c1-24-21(27)14(20(26)23-22(24)29)12-13-10-11-19(30-13)25-15-6-2-4-8-17(15)28-18-9-5-3-7-16(18)25/h2-12H,1H3/b14-12+. The molecule has 2 amide bonds. The van der Waals surface area contributed by atoms with Gasteiger partial charge in [-0.2, -0.15) is 0 Å². The van der Waals surface area contributed by atoms with E-state index in [2.05, 4.69) is 25.9 Å². The summed E-state index contributed by atoms with van der Waals surface area (Å²) in [5.41, 5.74) is 2.01. The normalized spacial score (nSPS) is 16.8. The molecule has 2 aromatic carbocycles. The van der Waals surface area contributed by atoms with Crippen molar-refractivity contribution in [1.82, 2.24) is 4.90 Å². The second-order valence-electron chi connectivity index (χ2n) is 6.67. The second kappa shape index (κ2) is 7.42. The third kappa shape index (κ3) is 3.15. The molecule has 3 aromatic rings. The maximum absolute atomic E-state index is 12.5. The van der Waals surface area contributed by atoms with Crippen LogP contribution in [0.15, 0.2) is 71.2 Å². The summed E-state index contributed by atoms with van der Waals surface area (Å²) in [5.74, 6) is 0.718. The number of carbonyl (C=O) groups is 2. The molecule has 1 radical (unpaired) electrons. The van der Waals surface area contributed by atoms with Gasteiger partial charge in [-0.15, -0.1) is 0 Å². The summed E-state index contributed by atoms with van der Waals surface area (Å²) < 4.78 is 8.37. The van der Waals surface area contributed by atoms with Crippen LogP contribution in [-0.2, 0) is 9.59 Å². The molecule has 0 N–H and O–H groups in total. The Hall–Kier alpha value is -2.89. The monoisotopic (exact) mass is 528 g/mol. The van der Waals surface area contributed by atoms with Gasteiger partial charge in [0.2, 0.25) is 0 Å². The molecule has 8 heteroatoms. The molecule has 0 spiro atoms. The fraction of sp³-hybridized carbons (Fsp3) is 0.0455. The van der Waals surface area contributed by atoms with Gasteiger partial charge in [0.15, 0.2) is 0 Å². The molecule has 0 bridgehead atoms. The number of rotatable bonds is 2. The van der Waals surface area contributed by atoms with Crippen LogP contribution in [0.1, 0.15) is 4.44 Å². The fourth-order valence-corrected chi connectivity index (χ4v) is 5.73. The number of aliphatic imine (C=N–C) groups is 1. The molecule has 2 aliphatic rings. The Morgan fingerprint density at radius 3 is 2.27 bits per heavy atom. The van der Waals surface area contributed by atoms with Gasteiger partial charge < -0.3 is 0 Å². The molecular formula is C22H14N3O3Se2. The van der Waals surface area contributed by atoms with E-state index >= 15 is 0 Å². The van der Waals surface area contributed by atoms with Crippen molar-refractivity contribution in [2.45, 2.75) is 0 Å². The number of carbonyl (C=O) groups excluding carboxylic acids is 2. The molecule has 0 saturated carbocycles. The van der Waals surface area contributed by atoms with Gasteiger partial charge in [0.1, 0.15) is 0 Å². The van der Waals surface area contributed by atoms with Crippen molar-refractivity contribution in [1.29, 1.82) is 0 Å². The Labute approximate surface area is 187 Å². The Bertz CT molecular complexity index is 1220. The molecule has 6 nitrogen and oxygen atoms in total. The molecule has 0 atom stereocenters. The molecule has 1 aromatic heterocycles. The molecule has 30 heavy (non-hydrogen) atoms. The number of ether oxygens (including phenoxy) is 1. The van der Waals surface area contributed by atoms with Gasteiger partial charge in [-0.3, -0.25) is 0 Å². The van der Waals surface area contributed by atoms with Crippen LogP contribution in [0.4, 0.5) is 15.9 Å². The van der Waals surface area contributed by atoms with Gasteiger partial charge in [0.05, 0.1) is 0 Å². The van der Waals surface area contributed by atoms with Crippen molar-refractivity contribution in [2.24, 2.45) is 4.99 Å². The Kier molecular flexibility index (Phi) is 4.72. The quantitative estimate of drug-likeness (QED) is 0.229. The first-order valence-corrected chi connectivity index (χ1v) is 11.7. The van der Waals surface area contributed by atoms with E-state index in [9.17, 15) is 9.59 Å². The van der Waals surface area contributed by atoms with Crippen molar-refractivity contribution in [3.63, 3.8) is 0 Å². The number of anilines is 3. The first-order chi connectivity index (χ1) is 14.5. The molecule has 0 aliphatic carbocycles. The van der Waals surface area contributed by atoms with E-state index in [1.807, 2.05) is 60.7 Å². The molecule has 0 saturated heterocycles. The van der Waals surface area contributed by atoms with Crippen LogP contribution in [0.5, 0.6) is 11.5 Å². The van der Waals surface area contributed by atoms with E-state index in [0.717, 1.165) is 31.9 Å². The third-order valence-corrected chi connectivity index (χ3v) is 7.70. The summed E-state index contributed by atoms with van der Waals surface area (Å²) in [5, 5.41) is 0. The summed E-state index contributed by atoms with van der Waals surface area (Å²) in [6, 6.07) is 19.8. The van der Waals surface area contributed by atoms with Gasteiger partial charge in [-0.05, 0) is 0 Å². The number of amidine groups is 1. The topological polar surface area (TPSA) is 62.2 Å². The second-order valence-corrected chi connectivity index (χ2v) is 9.73. The molecular weight excluding hydrogens is 512 g/mol. The summed E-state index contributed by atoms with van der Waals surface area (Å²) in [6.07, 6.45) is 1.67. The summed E-state index contributed by atoms with van der Waals surface area (Å²) in [7, 11) is 1.59. The van der Waals surface area contributed by atoms with Crippen molar-refractivity contribution in [3.8, 4) is 11.5 Å². The number of amides is 2. The van der Waals surface area contributed by atoms with Crippen LogP contribution in [0.25, 0.3) is 6.08 Å². The number of fused-ring (bicyclic) bond motifs is 2. The molecule has 147 valence electrons. The van der Waals surface area contributed by atoms with Crippen LogP contribution < -0.4 is 9.64 Å². The maximum atomic E-state index is 12.5. The third-order valence-electron chi connectivity index (χ3n) is 4.80. The summed E-state index contributed by atoms with van der Waals surface area (Å²) in [6.45, 7) is 0. The minimum absolute atomic E-state index is 0.0852. The van der Waals surface area contributed by atoms with Crippen LogP contribution in [0.3, 0.4) is 0 Å². The van der Waals surface area contributed by atoms with Crippen LogP contribution in [-0.4, -0.2) is 59.0 Å². The van der Waals surface area contributed by atoms with E-state index in [1.54, 1.807) is 13.1 Å². The Balaban J connectivity index is 1.57. The van der Waals surface area contributed by atoms with Gasteiger partial charge in [0.25, 0.3) is 0 Å². The Morgan fingerprint density at radius 1 is 0.967 bits per heavy atom. The van der Waals surface area contributed by atoms with Crippen molar-refractivity contribution in [3.05, 3.63) is 70.7 Å². The number of hydrogen-bond acceptors (Lipinski definition) is 4. The zero-order chi connectivity index (χ0) is 20.8. The van der Waals surface area contributed by atoms with Gasteiger partial charge in [-0.1, -0.05) is 0 Å². The van der Waals surface area contributed by atoms with E-state index in [4.69, 9.17) is 4.74 Å². The molecule has 3 heterocycles. The molecule has 0 unspecified atom stereocenters. The first kappa shape index (κ1) is 19.1. The zero-order valence-electron chi connectivity index (χ0n) is 15.7. The number of benzene rings is 2. The first-order valence-electron chi connectivity index (χ1n) is 9.08. The minimum atomic E-state index is -0.515. The molecule has 2 aliphatic heterocycles.